The van der Waals surface area contributed by atoms with Crippen LogP contribution in [0.4, 0.5) is 4.79 Å². The molecule has 4 rings (SSSR count). The minimum Gasteiger partial charge on any atom is -0.338 e. The summed E-state index contributed by atoms with van der Waals surface area (Å²) in [4.78, 5) is 42.5. The van der Waals surface area contributed by atoms with E-state index in [0.29, 0.717) is 17.8 Å². The quantitative estimate of drug-likeness (QED) is 0.673. The van der Waals surface area contributed by atoms with Crippen molar-refractivity contribution >= 4 is 17.8 Å². The maximum Gasteiger partial charge on any atom is 0.324 e. The SMILES string of the molecule is CC(C)NC(=O)N(C(=O)C1CC[C@H]2[C@@H]3CCC4N(C)C(=O)C=C[C@]4(C)[C@@H]3CC[C@]12C)C(C)C. The summed E-state index contributed by atoms with van der Waals surface area (Å²) in [5, 5.41) is 2.93. The van der Waals surface area contributed by atoms with E-state index in [1.54, 1.807) is 6.08 Å². The molecule has 4 aliphatic rings. The summed E-state index contributed by atoms with van der Waals surface area (Å²) in [6, 6.07) is -0.155. The lowest BCUT2D eigenvalue weighted by Gasteiger charge is -2.60. The first-order valence-electron chi connectivity index (χ1n) is 13.0. The Morgan fingerprint density at radius 1 is 1.06 bits per heavy atom. The number of likely N-dealkylation sites (N-methyl/N-ethyl adjacent to an activating group) is 1. The van der Waals surface area contributed by atoms with E-state index in [9.17, 15) is 14.4 Å². The highest BCUT2D eigenvalue weighted by Gasteiger charge is 2.62. The average Bonchev–Trinajstić information content (AvgIpc) is 3.07. The molecule has 3 fully saturated rings. The highest BCUT2D eigenvalue weighted by molar-refractivity contribution is 5.96. The van der Waals surface area contributed by atoms with Crippen LogP contribution in [0, 0.1) is 34.5 Å². The topological polar surface area (TPSA) is 69.7 Å². The van der Waals surface area contributed by atoms with E-state index < -0.39 is 0 Å². The summed E-state index contributed by atoms with van der Waals surface area (Å²) < 4.78 is 0. The summed E-state index contributed by atoms with van der Waals surface area (Å²) in [6.07, 6.45) is 10.2. The smallest absolute Gasteiger partial charge is 0.324 e. The van der Waals surface area contributed by atoms with Crippen molar-refractivity contribution in [2.24, 2.45) is 34.5 Å². The largest absolute Gasteiger partial charge is 0.338 e. The van der Waals surface area contributed by atoms with E-state index in [2.05, 4.69) is 25.2 Å². The molecular formula is C27H43N3O3. The molecule has 6 heteroatoms. The summed E-state index contributed by atoms with van der Waals surface area (Å²) in [5.41, 5.74) is -0.0527. The van der Waals surface area contributed by atoms with E-state index in [-0.39, 0.29) is 52.7 Å². The molecule has 184 valence electrons. The van der Waals surface area contributed by atoms with Crippen molar-refractivity contribution in [2.75, 3.05) is 7.05 Å². The van der Waals surface area contributed by atoms with Gasteiger partial charge in [0.2, 0.25) is 11.8 Å². The first kappa shape index (κ1) is 24.3. The van der Waals surface area contributed by atoms with Gasteiger partial charge in [-0.15, -0.1) is 0 Å². The van der Waals surface area contributed by atoms with Crippen LogP contribution in [0.15, 0.2) is 12.2 Å². The maximum atomic E-state index is 13.8. The summed E-state index contributed by atoms with van der Waals surface area (Å²) in [5.74, 6) is 1.65. The Kier molecular flexibility index (Phi) is 6.20. The number of carbonyl (C=O) groups is 3. The van der Waals surface area contributed by atoms with Gasteiger partial charge in [0, 0.05) is 36.5 Å². The van der Waals surface area contributed by atoms with Crippen LogP contribution in [0.2, 0.25) is 0 Å². The van der Waals surface area contributed by atoms with Gasteiger partial charge in [-0.3, -0.25) is 14.5 Å². The lowest BCUT2D eigenvalue weighted by molar-refractivity contribution is -0.146. The lowest BCUT2D eigenvalue weighted by atomic mass is 9.47. The van der Waals surface area contributed by atoms with Crippen LogP contribution in [0.25, 0.3) is 0 Å². The fourth-order valence-corrected chi connectivity index (χ4v) is 8.22. The van der Waals surface area contributed by atoms with Crippen molar-refractivity contribution in [1.82, 2.24) is 15.1 Å². The molecule has 2 unspecified atom stereocenters. The standard InChI is InChI=1S/C27H43N3O3/c1-16(2)28-25(33)30(17(3)4)24(32)21-10-9-19-18-8-11-22-27(6,15-13-23(31)29(22)7)20(18)12-14-26(19,21)5/h13,15-22H,8-12,14H2,1-7H3,(H,28,33)/t18-,19-,20+,21?,22?,26-,27+/m0/s1. The van der Waals surface area contributed by atoms with Crippen molar-refractivity contribution < 1.29 is 14.4 Å². The van der Waals surface area contributed by atoms with Gasteiger partial charge in [0.25, 0.3) is 0 Å². The third-order valence-electron chi connectivity index (χ3n) is 9.81. The van der Waals surface area contributed by atoms with E-state index in [0.717, 1.165) is 38.5 Å². The molecule has 3 saturated carbocycles. The second-order valence-corrected chi connectivity index (χ2v) is 12.2. The van der Waals surface area contributed by atoms with E-state index >= 15 is 0 Å². The molecule has 0 saturated heterocycles. The van der Waals surface area contributed by atoms with E-state index in [1.165, 1.54) is 4.90 Å². The fraction of sp³-hybridized carbons (Fsp3) is 0.815. The van der Waals surface area contributed by atoms with Crippen LogP contribution in [0.5, 0.6) is 0 Å². The van der Waals surface area contributed by atoms with E-state index in [1.807, 2.05) is 39.6 Å². The molecule has 7 atom stereocenters. The predicted octanol–water partition coefficient (Wildman–Crippen LogP) is 4.60. The molecule has 0 radical (unpaired) electrons. The number of fused-ring (bicyclic) bond motifs is 5. The van der Waals surface area contributed by atoms with Crippen LogP contribution in [0.3, 0.4) is 0 Å². The van der Waals surface area contributed by atoms with Gasteiger partial charge >= 0.3 is 6.03 Å². The minimum atomic E-state index is -0.265. The maximum absolute atomic E-state index is 13.8. The molecule has 0 aromatic heterocycles. The van der Waals surface area contributed by atoms with Crippen molar-refractivity contribution in [2.45, 2.75) is 98.2 Å². The van der Waals surface area contributed by atoms with Gasteiger partial charge in [0.15, 0.2) is 0 Å². The monoisotopic (exact) mass is 457 g/mol. The highest BCUT2D eigenvalue weighted by Crippen LogP contribution is 2.65. The first-order chi connectivity index (χ1) is 15.4. The Bertz CT molecular complexity index is 852. The second kappa shape index (κ2) is 8.42. The Morgan fingerprint density at radius 3 is 2.39 bits per heavy atom. The van der Waals surface area contributed by atoms with Gasteiger partial charge in [-0.2, -0.15) is 0 Å². The number of imide groups is 1. The fourth-order valence-electron chi connectivity index (χ4n) is 8.22. The van der Waals surface area contributed by atoms with Gasteiger partial charge in [-0.05, 0) is 95.5 Å². The third kappa shape index (κ3) is 3.72. The van der Waals surface area contributed by atoms with Gasteiger partial charge in [-0.25, -0.2) is 4.79 Å². The van der Waals surface area contributed by atoms with Crippen molar-refractivity contribution in [1.29, 1.82) is 0 Å². The molecule has 0 spiro atoms. The third-order valence-corrected chi connectivity index (χ3v) is 9.81. The molecular weight excluding hydrogens is 414 g/mol. The molecule has 1 N–H and O–H groups in total. The Hall–Kier alpha value is -1.85. The number of hydrogen-bond donors (Lipinski definition) is 1. The van der Waals surface area contributed by atoms with Crippen LogP contribution < -0.4 is 5.32 Å². The number of carbonyl (C=O) groups excluding carboxylic acids is 3. The summed E-state index contributed by atoms with van der Waals surface area (Å²) >= 11 is 0. The number of urea groups is 1. The Balaban J connectivity index is 1.58. The molecule has 0 aromatic carbocycles. The molecule has 33 heavy (non-hydrogen) atoms. The van der Waals surface area contributed by atoms with Crippen LogP contribution in [-0.4, -0.2) is 52.8 Å². The molecule has 1 aliphatic heterocycles. The van der Waals surface area contributed by atoms with Gasteiger partial charge < -0.3 is 10.2 Å². The summed E-state index contributed by atoms with van der Waals surface area (Å²) in [6.45, 7) is 12.4. The zero-order chi connectivity index (χ0) is 24.3. The number of hydrogen-bond acceptors (Lipinski definition) is 3. The number of rotatable bonds is 3. The normalized spacial score (nSPS) is 39.8. The highest BCUT2D eigenvalue weighted by atomic mass is 16.2. The van der Waals surface area contributed by atoms with Crippen molar-refractivity contribution in [3.8, 4) is 0 Å². The van der Waals surface area contributed by atoms with Crippen molar-refractivity contribution in [3.63, 3.8) is 0 Å². The van der Waals surface area contributed by atoms with E-state index in [4.69, 9.17) is 0 Å². The molecule has 4 amide bonds. The van der Waals surface area contributed by atoms with Crippen molar-refractivity contribution in [3.05, 3.63) is 12.2 Å². The molecule has 0 aromatic rings. The number of nitrogens with one attached hydrogen (secondary N) is 1. The molecule has 3 aliphatic carbocycles. The Morgan fingerprint density at radius 2 is 1.76 bits per heavy atom. The second-order valence-electron chi connectivity index (χ2n) is 12.2. The predicted molar refractivity (Wildman–Crippen MR) is 129 cm³/mol. The zero-order valence-electron chi connectivity index (χ0n) is 21.6. The van der Waals surface area contributed by atoms with Gasteiger partial charge in [0.1, 0.15) is 0 Å². The molecule has 0 bridgehead atoms. The molecule has 1 heterocycles. The molecule has 6 nitrogen and oxygen atoms in total. The first-order valence-corrected chi connectivity index (χ1v) is 13.0. The van der Waals surface area contributed by atoms with Gasteiger partial charge in [-0.1, -0.05) is 19.9 Å². The Labute approximate surface area is 199 Å². The minimum absolute atomic E-state index is 0.00149. The zero-order valence-corrected chi connectivity index (χ0v) is 21.6. The van der Waals surface area contributed by atoms with Crippen LogP contribution in [-0.2, 0) is 9.59 Å². The van der Waals surface area contributed by atoms with Gasteiger partial charge in [0.05, 0.1) is 0 Å². The number of amides is 4. The van der Waals surface area contributed by atoms with Crippen LogP contribution in [0.1, 0.15) is 80.1 Å². The lowest BCUT2D eigenvalue weighted by Crippen LogP contribution is -2.60. The van der Waals surface area contributed by atoms with Crippen LogP contribution >= 0.6 is 0 Å². The average molecular weight is 458 g/mol. The summed E-state index contributed by atoms with van der Waals surface area (Å²) in [7, 11) is 1.95. The number of nitrogens with zero attached hydrogens (tertiary/aromatic N) is 2.